The molecule has 0 radical (unpaired) electrons. The van der Waals surface area contributed by atoms with Gasteiger partial charge in [-0.1, -0.05) is 6.07 Å². The number of alkyl halides is 3. The zero-order valence-corrected chi connectivity index (χ0v) is 15.9. The second kappa shape index (κ2) is 9.21. The van der Waals surface area contributed by atoms with E-state index in [1.165, 1.54) is 12.1 Å². The van der Waals surface area contributed by atoms with E-state index in [1.807, 2.05) is 18.2 Å². The van der Waals surface area contributed by atoms with Gasteiger partial charge in [-0.3, -0.25) is 4.98 Å². The topological polar surface area (TPSA) is 109 Å². The number of hydrogen-bond donors (Lipinski definition) is 3. The first-order chi connectivity index (χ1) is 14.1. The Morgan fingerprint density at radius 2 is 1.60 bits per heavy atom. The van der Waals surface area contributed by atoms with Gasteiger partial charge in [0, 0.05) is 18.0 Å². The van der Waals surface area contributed by atoms with Crippen molar-refractivity contribution >= 4 is 16.7 Å². The van der Waals surface area contributed by atoms with Gasteiger partial charge < -0.3 is 24.8 Å². The second-order valence-corrected chi connectivity index (χ2v) is 5.99. The molecule has 0 aliphatic heterocycles. The molecular formula is C20H18F3NO6. The first-order valence-electron chi connectivity index (χ1n) is 8.37. The molecule has 0 saturated heterocycles. The molecule has 3 rings (SSSR count). The monoisotopic (exact) mass is 425 g/mol. The molecule has 30 heavy (non-hydrogen) atoms. The van der Waals surface area contributed by atoms with Crippen LogP contribution >= 0.6 is 0 Å². The molecule has 0 amide bonds. The summed E-state index contributed by atoms with van der Waals surface area (Å²) in [6.45, 7) is 0. The number of aliphatic carboxylic acids is 1. The Morgan fingerprint density at radius 1 is 1.00 bits per heavy atom. The fourth-order valence-electron chi connectivity index (χ4n) is 2.57. The summed E-state index contributed by atoms with van der Waals surface area (Å²) in [5.74, 6) is -1.72. The fraction of sp³-hybridized carbons (Fsp3) is 0.200. The van der Waals surface area contributed by atoms with Crippen molar-refractivity contribution in [1.29, 1.82) is 0 Å². The summed E-state index contributed by atoms with van der Waals surface area (Å²) in [7, 11) is 3.20. The average Bonchev–Trinajstić information content (AvgIpc) is 2.69. The van der Waals surface area contributed by atoms with Gasteiger partial charge in [0.15, 0.2) is 23.0 Å². The number of aromatic nitrogens is 1. The maximum atomic E-state index is 10.6. The molecule has 160 valence electrons. The highest BCUT2D eigenvalue weighted by Crippen LogP contribution is 2.34. The van der Waals surface area contributed by atoms with E-state index in [-0.39, 0.29) is 11.5 Å². The van der Waals surface area contributed by atoms with Gasteiger partial charge in [-0.15, -0.1) is 0 Å². The van der Waals surface area contributed by atoms with Crippen LogP contribution in [-0.2, 0) is 11.2 Å². The summed E-state index contributed by atoms with van der Waals surface area (Å²) in [6, 6.07) is 10.5. The smallest absolute Gasteiger partial charge is 0.490 e. The SMILES string of the molecule is COc1cc2ccnc(Cc3ccc(O)c(O)c3)c2cc1OC.O=C(O)C(F)(F)F. The predicted octanol–water partition coefficient (Wildman–Crippen LogP) is 3.89. The van der Waals surface area contributed by atoms with Crippen molar-refractivity contribution < 1.29 is 42.8 Å². The predicted molar refractivity (Wildman–Crippen MR) is 101 cm³/mol. The minimum absolute atomic E-state index is 0.133. The highest BCUT2D eigenvalue weighted by atomic mass is 19.4. The van der Waals surface area contributed by atoms with E-state index in [9.17, 15) is 23.4 Å². The number of nitrogens with zero attached hydrogens (tertiary/aromatic N) is 1. The van der Waals surface area contributed by atoms with Crippen LogP contribution in [0.15, 0.2) is 42.6 Å². The van der Waals surface area contributed by atoms with E-state index >= 15 is 0 Å². The third-order valence-electron chi connectivity index (χ3n) is 4.00. The number of ether oxygens (including phenoxy) is 2. The minimum Gasteiger partial charge on any atom is -0.504 e. The summed E-state index contributed by atoms with van der Waals surface area (Å²) in [6.07, 6.45) is -2.81. The van der Waals surface area contributed by atoms with Gasteiger partial charge in [-0.2, -0.15) is 13.2 Å². The van der Waals surface area contributed by atoms with Crippen molar-refractivity contribution in [2.75, 3.05) is 14.2 Å². The van der Waals surface area contributed by atoms with Gasteiger partial charge >= 0.3 is 12.1 Å². The fourth-order valence-corrected chi connectivity index (χ4v) is 2.57. The number of carboxylic acid groups (broad SMARTS) is 1. The summed E-state index contributed by atoms with van der Waals surface area (Å²) < 4.78 is 42.4. The maximum Gasteiger partial charge on any atom is 0.490 e. The summed E-state index contributed by atoms with van der Waals surface area (Å²) in [4.78, 5) is 13.3. The molecular weight excluding hydrogens is 407 g/mol. The number of pyridine rings is 1. The molecule has 0 bridgehead atoms. The number of halogens is 3. The number of phenols is 2. The van der Waals surface area contributed by atoms with Crippen molar-refractivity contribution in [3.63, 3.8) is 0 Å². The van der Waals surface area contributed by atoms with Crippen molar-refractivity contribution in [2.45, 2.75) is 12.6 Å². The van der Waals surface area contributed by atoms with Crippen molar-refractivity contribution in [1.82, 2.24) is 4.98 Å². The number of carboxylic acids is 1. The third kappa shape index (κ3) is 5.43. The van der Waals surface area contributed by atoms with E-state index in [0.29, 0.717) is 17.9 Å². The number of rotatable bonds is 4. The molecule has 0 saturated carbocycles. The van der Waals surface area contributed by atoms with Gasteiger partial charge in [-0.25, -0.2) is 4.79 Å². The molecule has 0 unspecified atom stereocenters. The molecule has 0 spiro atoms. The van der Waals surface area contributed by atoms with E-state index in [0.717, 1.165) is 22.0 Å². The standard InChI is InChI=1S/C18H17NO4.C2HF3O2/c1-22-17-9-12-5-6-19-14(13(12)10-18(17)23-2)7-11-3-4-15(20)16(21)8-11;3-2(4,5)1(6)7/h3-6,8-10,20-21H,7H2,1-2H3;(H,6,7). The second-order valence-electron chi connectivity index (χ2n) is 5.99. The van der Waals surface area contributed by atoms with E-state index in [4.69, 9.17) is 19.4 Å². The van der Waals surface area contributed by atoms with Crippen molar-refractivity contribution in [3.05, 3.63) is 53.9 Å². The molecule has 0 atom stereocenters. The largest absolute Gasteiger partial charge is 0.504 e. The first-order valence-corrected chi connectivity index (χ1v) is 8.37. The molecule has 0 aliphatic rings. The Balaban J connectivity index is 0.000000396. The van der Waals surface area contributed by atoms with Crippen LogP contribution in [0, 0.1) is 0 Å². The van der Waals surface area contributed by atoms with Gasteiger partial charge in [-0.05, 0) is 41.3 Å². The Labute approximate surface area is 168 Å². The van der Waals surface area contributed by atoms with Crippen LogP contribution in [-0.4, -0.2) is 46.7 Å². The molecule has 3 N–H and O–H groups in total. The van der Waals surface area contributed by atoms with Crippen LogP contribution in [0.1, 0.15) is 11.3 Å². The zero-order valence-electron chi connectivity index (χ0n) is 15.9. The molecule has 0 aliphatic carbocycles. The van der Waals surface area contributed by atoms with Crippen LogP contribution < -0.4 is 9.47 Å². The molecule has 3 aromatic rings. The quantitative estimate of drug-likeness (QED) is 0.544. The number of methoxy groups -OCH3 is 2. The molecule has 7 nitrogen and oxygen atoms in total. The van der Waals surface area contributed by atoms with Crippen LogP contribution in [0.3, 0.4) is 0 Å². The number of carbonyl (C=O) groups is 1. The number of benzene rings is 2. The number of aromatic hydroxyl groups is 2. The van der Waals surface area contributed by atoms with Gasteiger partial charge in [0.25, 0.3) is 0 Å². The van der Waals surface area contributed by atoms with Gasteiger partial charge in [0.05, 0.1) is 19.9 Å². The van der Waals surface area contributed by atoms with Crippen LogP contribution in [0.5, 0.6) is 23.0 Å². The third-order valence-corrected chi connectivity index (χ3v) is 4.00. The molecule has 0 fully saturated rings. The molecule has 2 aromatic carbocycles. The summed E-state index contributed by atoms with van der Waals surface area (Å²) in [5.41, 5.74) is 1.71. The molecule has 10 heteroatoms. The highest BCUT2D eigenvalue weighted by Gasteiger charge is 2.38. The lowest BCUT2D eigenvalue weighted by Gasteiger charge is -2.12. The van der Waals surface area contributed by atoms with Crippen LogP contribution in [0.25, 0.3) is 10.8 Å². The normalized spacial score (nSPS) is 10.8. The van der Waals surface area contributed by atoms with Crippen LogP contribution in [0.2, 0.25) is 0 Å². The Morgan fingerprint density at radius 3 is 2.13 bits per heavy atom. The lowest BCUT2D eigenvalue weighted by molar-refractivity contribution is -0.192. The minimum atomic E-state index is -5.08. The van der Waals surface area contributed by atoms with Crippen LogP contribution in [0.4, 0.5) is 13.2 Å². The summed E-state index contributed by atoms with van der Waals surface area (Å²) in [5, 5.41) is 28.1. The Bertz CT molecular complexity index is 1050. The molecule has 1 heterocycles. The lowest BCUT2D eigenvalue weighted by Crippen LogP contribution is -2.21. The maximum absolute atomic E-state index is 10.6. The Kier molecular flexibility index (Phi) is 6.93. The lowest BCUT2D eigenvalue weighted by atomic mass is 10.0. The van der Waals surface area contributed by atoms with E-state index in [1.54, 1.807) is 26.5 Å². The first kappa shape index (κ1) is 22.6. The highest BCUT2D eigenvalue weighted by molar-refractivity contribution is 5.88. The number of hydrogen-bond acceptors (Lipinski definition) is 6. The van der Waals surface area contributed by atoms with Crippen molar-refractivity contribution in [3.8, 4) is 23.0 Å². The van der Waals surface area contributed by atoms with Gasteiger partial charge in [0.1, 0.15) is 0 Å². The number of fused-ring (bicyclic) bond motifs is 1. The number of phenolic OH excluding ortho intramolecular Hbond substituents is 2. The Hall–Kier alpha value is -3.69. The van der Waals surface area contributed by atoms with Crippen molar-refractivity contribution in [2.24, 2.45) is 0 Å². The average molecular weight is 425 g/mol. The van der Waals surface area contributed by atoms with Gasteiger partial charge in [0.2, 0.25) is 0 Å². The zero-order chi connectivity index (χ0) is 22.5. The molecule has 1 aromatic heterocycles. The summed E-state index contributed by atoms with van der Waals surface area (Å²) >= 11 is 0. The van der Waals surface area contributed by atoms with E-state index in [2.05, 4.69) is 4.98 Å². The van der Waals surface area contributed by atoms with E-state index < -0.39 is 12.1 Å².